The van der Waals surface area contributed by atoms with Crippen LogP contribution >= 0.6 is 0 Å². The highest BCUT2D eigenvalue weighted by atomic mass is 16.5. The van der Waals surface area contributed by atoms with Crippen molar-refractivity contribution in [2.45, 2.75) is 0 Å². The second-order valence-corrected chi connectivity index (χ2v) is 7.62. The number of methoxy groups -OCH3 is 1. The van der Waals surface area contributed by atoms with E-state index in [1.165, 1.54) is 5.69 Å². The lowest BCUT2D eigenvalue weighted by molar-refractivity contribution is 0.415. The summed E-state index contributed by atoms with van der Waals surface area (Å²) in [7, 11) is 3.48. The molecule has 0 unspecified atom stereocenters. The maximum Gasteiger partial charge on any atom is 0.228 e. The van der Waals surface area contributed by atoms with Crippen molar-refractivity contribution in [1.29, 1.82) is 0 Å². The van der Waals surface area contributed by atoms with Gasteiger partial charge >= 0.3 is 0 Å². The minimum atomic E-state index is 0.557. The van der Waals surface area contributed by atoms with Crippen molar-refractivity contribution in [2.24, 2.45) is 7.05 Å². The molecule has 0 aliphatic carbocycles. The summed E-state index contributed by atoms with van der Waals surface area (Å²) >= 11 is 0. The van der Waals surface area contributed by atoms with Crippen LogP contribution in [0.15, 0.2) is 54.6 Å². The number of ether oxygens (including phenoxy) is 1. The van der Waals surface area contributed by atoms with Gasteiger partial charge in [0, 0.05) is 44.5 Å². The smallest absolute Gasteiger partial charge is 0.228 e. The van der Waals surface area contributed by atoms with Crippen molar-refractivity contribution < 1.29 is 4.74 Å². The molecule has 0 spiro atoms. The first-order chi connectivity index (χ1) is 15.1. The second kappa shape index (κ2) is 7.79. The summed E-state index contributed by atoms with van der Waals surface area (Å²) in [5, 5.41) is 5.31. The molecule has 8 heteroatoms. The largest absolute Gasteiger partial charge is 0.497 e. The first kappa shape index (κ1) is 19.2. The lowest BCUT2D eigenvalue weighted by Gasteiger charge is -2.36. The number of piperazine rings is 1. The molecule has 1 fully saturated rings. The van der Waals surface area contributed by atoms with Crippen LogP contribution < -0.4 is 20.3 Å². The average molecular weight is 416 g/mol. The SMILES string of the molecule is COc1ccc(-c2nc(N3CCN(c4ccccc4)CC3)nc3nn(C)c(N)c23)cc1. The Morgan fingerprint density at radius 1 is 0.871 bits per heavy atom. The number of hydrogen-bond acceptors (Lipinski definition) is 7. The number of anilines is 3. The van der Waals surface area contributed by atoms with Gasteiger partial charge in [0.1, 0.15) is 11.6 Å². The predicted octanol–water partition coefficient (Wildman–Crippen LogP) is 2.95. The highest BCUT2D eigenvalue weighted by molar-refractivity contribution is 5.99. The fourth-order valence-corrected chi connectivity index (χ4v) is 4.01. The van der Waals surface area contributed by atoms with Gasteiger partial charge < -0.3 is 20.3 Å². The van der Waals surface area contributed by atoms with Gasteiger partial charge in [-0.05, 0) is 36.4 Å². The monoisotopic (exact) mass is 415 g/mol. The third-order valence-corrected chi connectivity index (χ3v) is 5.77. The zero-order valence-electron chi connectivity index (χ0n) is 17.7. The average Bonchev–Trinajstić information content (AvgIpc) is 3.12. The summed E-state index contributed by atoms with van der Waals surface area (Å²) in [4.78, 5) is 14.3. The van der Waals surface area contributed by atoms with E-state index in [-0.39, 0.29) is 0 Å². The fraction of sp³-hybridized carbons (Fsp3) is 0.261. The number of nitrogens with two attached hydrogens (primary N) is 1. The zero-order valence-corrected chi connectivity index (χ0v) is 17.7. The Morgan fingerprint density at radius 2 is 1.55 bits per heavy atom. The molecule has 8 nitrogen and oxygen atoms in total. The summed E-state index contributed by atoms with van der Waals surface area (Å²) < 4.78 is 6.96. The maximum atomic E-state index is 6.32. The molecule has 0 bridgehead atoms. The van der Waals surface area contributed by atoms with Gasteiger partial charge in [-0.1, -0.05) is 18.2 Å². The molecule has 2 aromatic heterocycles. The molecule has 3 heterocycles. The first-order valence-electron chi connectivity index (χ1n) is 10.3. The number of rotatable bonds is 4. The number of benzene rings is 2. The van der Waals surface area contributed by atoms with Crippen molar-refractivity contribution in [2.75, 3.05) is 48.8 Å². The van der Waals surface area contributed by atoms with Crippen LogP contribution in [0.25, 0.3) is 22.3 Å². The van der Waals surface area contributed by atoms with Crippen LogP contribution in [0, 0.1) is 0 Å². The van der Waals surface area contributed by atoms with Gasteiger partial charge in [-0.25, -0.2) is 4.98 Å². The van der Waals surface area contributed by atoms with Gasteiger partial charge in [0.2, 0.25) is 5.95 Å². The van der Waals surface area contributed by atoms with Crippen LogP contribution in [-0.4, -0.2) is 53.0 Å². The van der Waals surface area contributed by atoms with Crippen molar-refractivity contribution in [3.05, 3.63) is 54.6 Å². The van der Waals surface area contributed by atoms with Crippen molar-refractivity contribution in [1.82, 2.24) is 19.7 Å². The number of para-hydroxylation sites is 1. The predicted molar refractivity (Wildman–Crippen MR) is 124 cm³/mol. The summed E-state index contributed by atoms with van der Waals surface area (Å²) in [5.74, 6) is 2.04. The first-order valence-corrected chi connectivity index (χ1v) is 10.3. The van der Waals surface area contributed by atoms with Gasteiger partial charge in [-0.3, -0.25) is 4.68 Å². The molecular formula is C23H25N7O. The number of hydrogen-bond donors (Lipinski definition) is 1. The molecule has 0 saturated carbocycles. The van der Waals surface area contributed by atoms with E-state index in [1.54, 1.807) is 11.8 Å². The minimum absolute atomic E-state index is 0.557. The van der Waals surface area contributed by atoms with E-state index in [9.17, 15) is 0 Å². The molecule has 1 saturated heterocycles. The van der Waals surface area contributed by atoms with E-state index in [4.69, 9.17) is 20.4 Å². The van der Waals surface area contributed by atoms with E-state index in [0.29, 0.717) is 17.4 Å². The van der Waals surface area contributed by atoms with Crippen LogP contribution in [0.5, 0.6) is 5.75 Å². The number of fused-ring (bicyclic) bond motifs is 1. The van der Waals surface area contributed by atoms with Crippen molar-refractivity contribution >= 4 is 28.5 Å². The molecule has 5 rings (SSSR count). The molecule has 158 valence electrons. The van der Waals surface area contributed by atoms with E-state index < -0.39 is 0 Å². The highest BCUT2D eigenvalue weighted by Crippen LogP contribution is 2.33. The number of aryl methyl sites for hydroxylation is 1. The van der Waals surface area contributed by atoms with Crippen LogP contribution in [0.1, 0.15) is 0 Å². The summed E-state index contributed by atoms with van der Waals surface area (Å²) in [6, 6.07) is 18.3. The molecule has 0 amide bonds. The molecule has 31 heavy (non-hydrogen) atoms. The lowest BCUT2D eigenvalue weighted by Crippen LogP contribution is -2.47. The van der Waals surface area contributed by atoms with Gasteiger partial charge in [0.15, 0.2) is 5.65 Å². The molecular weight excluding hydrogens is 390 g/mol. The Hall–Kier alpha value is -3.81. The standard InChI is InChI=1S/C23H25N7O/c1-28-21(24)19-20(16-8-10-18(31-2)11-9-16)25-23(26-22(19)27-28)30-14-12-29(13-15-30)17-6-4-3-5-7-17/h3-11H,12-15,24H2,1-2H3. The topological polar surface area (TPSA) is 85.3 Å². The Labute approximate surface area is 180 Å². The number of aromatic nitrogens is 4. The van der Waals surface area contributed by atoms with E-state index in [1.807, 2.05) is 37.4 Å². The maximum absolute atomic E-state index is 6.32. The Morgan fingerprint density at radius 3 is 2.23 bits per heavy atom. The van der Waals surface area contributed by atoms with E-state index >= 15 is 0 Å². The third kappa shape index (κ3) is 3.50. The molecule has 2 aromatic carbocycles. The Bertz CT molecular complexity index is 1200. The van der Waals surface area contributed by atoms with Gasteiger partial charge in [0.25, 0.3) is 0 Å². The number of nitrogens with zero attached hydrogens (tertiary/aromatic N) is 6. The fourth-order valence-electron chi connectivity index (χ4n) is 4.01. The van der Waals surface area contributed by atoms with E-state index in [2.05, 4.69) is 39.2 Å². The van der Waals surface area contributed by atoms with Crippen LogP contribution in [0.4, 0.5) is 17.5 Å². The molecule has 2 N–H and O–H groups in total. The van der Waals surface area contributed by atoms with Crippen LogP contribution in [0.3, 0.4) is 0 Å². The molecule has 0 radical (unpaired) electrons. The minimum Gasteiger partial charge on any atom is -0.497 e. The second-order valence-electron chi connectivity index (χ2n) is 7.62. The summed E-state index contributed by atoms with van der Waals surface area (Å²) in [5.41, 5.74) is 9.92. The third-order valence-electron chi connectivity index (χ3n) is 5.77. The molecule has 1 aliphatic heterocycles. The van der Waals surface area contributed by atoms with Gasteiger partial charge in [-0.2, -0.15) is 10.1 Å². The van der Waals surface area contributed by atoms with Gasteiger partial charge in [-0.15, -0.1) is 0 Å². The molecule has 0 atom stereocenters. The molecule has 1 aliphatic rings. The zero-order chi connectivity index (χ0) is 21.4. The van der Waals surface area contributed by atoms with Crippen LogP contribution in [-0.2, 0) is 7.05 Å². The quantitative estimate of drug-likeness (QED) is 0.548. The Kier molecular flexibility index (Phi) is 4.82. The van der Waals surface area contributed by atoms with Crippen molar-refractivity contribution in [3.8, 4) is 17.0 Å². The summed E-state index contributed by atoms with van der Waals surface area (Å²) in [6.45, 7) is 3.50. The summed E-state index contributed by atoms with van der Waals surface area (Å²) in [6.07, 6.45) is 0. The highest BCUT2D eigenvalue weighted by Gasteiger charge is 2.23. The molecule has 4 aromatic rings. The normalized spacial score (nSPS) is 14.3. The van der Waals surface area contributed by atoms with E-state index in [0.717, 1.165) is 48.6 Å². The van der Waals surface area contributed by atoms with Gasteiger partial charge in [0.05, 0.1) is 18.2 Å². The van der Waals surface area contributed by atoms with Crippen LogP contribution in [0.2, 0.25) is 0 Å². The number of nitrogen functional groups attached to an aromatic ring is 1. The van der Waals surface area contributed by atoms with Crippen molar-refractivity contribution in [3.63, 3.8) is 0 Å². The Balaban J connectivity index is 1.50. The lowest BCUT2D eigenvalue weighted by atomic mass is 10.1.